The maximum absolute atomic E-state index is 11.4. The summed E-state index contributed by atoms with van der Waals surface area (Å²) in [5.41, 5.74) is 0.0291. The summed E-state index contributed by atoms with van der Waals surface area (Å²) in [6, 6.07) is 0.224. The van der Waals surface area contributed by atoms with Gasteiger partial charge in [-0.05, 0) is 40.5 Å². The van der Waals surface area contributed by atoms with Crippen LogP contribution in [-0.2, 0) is 9.53 Å². The fourth-order valence-corrected chi connectivity index (χ4v) is 2.08. The zero-order valence-corrected chi connectivity index (χ0v) is 11.5. The van der Waals surface area contributed by atoms with Crippen molar-refractivity contribution in [3.8, 4) is 0 Å². The van der Waals surface area contributed by atoms with Crippen molar-refractivity contribution in [1.82, 2.24) is 10.6 Å². The van der Waals surface area contributed by atoms with Gasteiger partial charge in [0.15, 0.2) is 0 Å². The number of carbonyl (C=O) groups excluding carboxylic acids is 1. The Morgan fingerprint density at radius 1 is 1.47 bits per heavy atom. The summed E-state index contributed by atoms with van der Waals surface area (Å²) in [4.78, 5) is 11.4. The molecule has 1 heterocycles. The predicted octanol–water partition coefficient (Wildman–Crippen LogP) is 1.45. The Labute approximate surface area is 104 Å². The number of nitrogens with one attached hydrogen (secondary N) is 2. The summed E-state index contributed by atoms with van der Waals surface area (Å²) < 4.78 is 5.86. The van der Waals surface area contributed by atoms with Gasteiger partial charge in [-0.25, -0.2) is 0 Å². The van der Waals surface area contributed by atoms with Crippen LogP contribution in [-0.4, -0.2) is 36.7 Å². The van der Waals surface area contributed by atoms with Crippen LogP contribution in [0.3, 0.4) is 0 Å². The Hall–Kier alpha value is -0.610. The Kier molecular flexibility index (Phi) is 5.40. The summed E-state index contributed by atoms with van der Waals surface area (Å²) in [5, 5.41) is 6.16. The summed E-state index contributed by atoms with van der Waals surface area (Å²) in [7, 11) is 0. The van der Waals surface area contributed by atoms with E-state index in [1.807, 2.05) is 13.8 Å². The maximum Gasteiger partial charge on any atom is 0.221 e. The van der Waals surface area contributed by atoms with Crippen molar-refractivity contribution in [2.75, 3.05) is 13.1 Å². The molecule has 4 nitrogen and oxygen atoms in total. The monoisotopic (exact) mass is 242 g/mol. The van der Waals surface area contributed by atoms with E-state index in [0.717, 1.165) is 25.9 Å². The minimum atomic E-state index is 0.0291. The third kappa shape index (κ3) is 6.03. The molecule has 0 radical (unpaired) electrons. The lowest BCUT2D eigenvalue weighted by Crippen LogP contribution is -2.35. The van der Waals surface area contributed by atoms with Crippen molar-refractivity contribution in [3.63, 3.8) is 0 Å². The van der Waals surface area contributed by atoms with Gasteiger partial charge >= 0.3 is 0 Å². The van der Waals surface area contributed by atoms with Crippen molar-refractivity contribution in [2.24, 2.45) is 0 Å². The number of ether oxygens (including phenoxy) is 1. The Balaban J connectivity index is 2.03. The van der Waals surface area contributed by atoms with Crippen molar-refractivity contribution in [2.45, 2.75) is 64.7 Å². The van der Waals surface area contributed by atoms with Gasteiger partial charge in [0, 0.05) is 25.6 Å². The molecule has 0 spiro atoms. The first kappa shape index (κ1) is 14.5. The number of rotatable bonds is 6. The number of hydrogen-bond donors (Lipinski definition) is 2. The molecule has 0 aliphatic carbocycles. The normalized spacial score (nSPS) is 23.0. The van der Waals surface area contributed by atoms with E-state index in [4.69, 9.17) is 4.74 Å². The van der Waals surface area contributed by atoms with Gasteiger partial charge in [-0.15, -0.1) is 0 Å². The van der Waals surface area contributed by atoms with Crippen LogP contribution in [0.5, 0.6) is 0 Å². The Morgan fingerprint density at radius 3 is 2.71 bits per heavy atom. The van der Waals surface area contributed by atoms with Crippen LogP contribution >= 0.6 is 0 Å². The van der Waals surface area contributed by atoms with Gasteiger partial charge in [0.1, 0.15) is 0 Å². The summed E-state index contributed by atoms with van der Waals surface area (Å²) in [6.45, 7) is 9.77. The van der Waals surface area contributed by atoms with Crippen LogP contribution in [0.2, 0.25) is 0 Å². The fraction of sp³-hybridized carbons (Fsp3) is 0.923. The lowest BCUT2D eigenvalue weighted by Gasteiger charge is -2.19. The van der Waals surface area contributed by atoms with Gasteiger partial charge in [-0.1, -0.05) is 0 Å². The molecule has 1 unspecified atom stereocenters. The van der Waals surface area contributed by atoms with Crippen LogP contribution in [0, 0.1) is 0 Å². The third-order valence-corrected chi connectivity index (χ3v) is 2.90. The molecule has 1 atom stereocenters. The molecule has 0 aromatic rings. The largest absolute Gasteiger partial charge is 0.371 e. The SMILES string of the molecule is CC(C)NC(=O)CCNCC1CCC(C)(C)O1. The number of carbonyl (C=O) groups is 1. The van der Waals surface area contributed by atoms with Gasteiger partial charge in [-0.3, -0.25) is 4.79 Å². The molecule has 0 saturated carbocycles. The third-order valence-electron chi connectivity index (χ3n) is 2.90. The van der Waals surface area contributed by atoms with Crippen molar-refractivity contribution in [1.29, 1.82) is 0 Å². The molecule has 1 amide bonds. The van der Waals surface area contributed by atoms with Gasteiger partial charge in [0.2, 0.25) is 5.91 Å². The van der Waals surface area contributed by atoms with Crippen molar-refractivity contribution < 1.29 is 9.53 Å². The Morgan fingerprint density at radius 2 is 2.18 bits per heavy atom. The lowest BCUT2D eigenvalue weighted by molar-refractivity contribution is -0.121. The van der Waals surface area contributed by atoms with Crippen LogP contribution in [0.25, 0.3) is 0 Å². The van der Waals surface area contributed by atoms with Crippen LogP contribution in [0.1, 0.15) is 47.0 Å². The van der Waals surface area contributed by atoms with E-state index in [0.29, 0.717) is 12.5 Å². The number of hydrogen-bond acceptors (Lipinski definition) is 3. The minimum Gasteiger partial charge on any atom is -0.371 e. The smallest absolute Gasteiger partial charge is 0.221 e. The quantitative estimate of drug-likeness (QED) is 0.693. The van der Waals surface area contributed by atoms with E-state index in [1.54, 1.807) is 0 Å². The molecule has 1 aliphatic rings. The maximum atomic E-state index is 11.4. The highest BCUT2D eigenvalue weighted by Gasteiger charge is 2.30. The van der Waals surface area contributed by atoms with Gasteiger partial charge in [-0.2, -0.15) is 0 Å². The summed E-state index contributed by atoms with van der Waals surface area (Å²) in [6.07, 6.45) is 3.07. The highest BCUT2D eigenvalue weighted by Crippen LogP contribution is 2.28. The Bertz CT molecular complexity index is 252. The molecular weight excluding hydrogens is 216 g/mol. The van der Waals surface area contributed by atoms with Crippen molar-refractivity contribution in [3.05, 3.63) is 0 Å². The predicted molar refractivity (Wildman–Crippen MR) is 69.0 cm³/mol. The van der Waals surface area contributed by atoms with E-state index < -0.39 is 0 Å². The summed E-state index contributed by atoms with van der Waals surface area (Å²) >= 11 is 0. The molecule has 0 bridgehead atoms. The lowest BCUT2D eigenvalue weighted by atomic mass is 10.1. The highest BCUT2D eigenvalue weighted by atomic mass is 16.5. The second-order valence-electron chi connectivity index (χ2n) is 5.71. The molecule has 1 aliphatic heterocycles. The van der Waals surface area contributed by atoms with Crippen LogP contribution < -0.4 is 10.6 Å². The summed E-state index contributed by atoms with van der Waals surface area (Å²) in [5.74, 6) is 0.111. The molecule has 100 valence electrons. The first-order valence-electron chi connectivity index (χ1n) is 6.57. The number of amides is 1. The molecule has 0 aromatic heterocycles. The zero-order valence-electron chi connectivity index (χ0n) is 11.5. The molecule has 0 aromatic carbocycles. The van der Waals surface area contributed by atoms with E-state index >= 15 is 0 Å². The minimum absolute atomic E-state index is 0.0291. The fourth-order valence-electron chi connectivity index (χ4n) is 2.08. The zero-order chi connectivity index (χ0) is 12.9. The van der Waals surface area contributed by atoms with E-state index in [-0.39, 0.29) is 17.6 Å². The van der Waals surface area contributed by atoms with Crippen LogP contribution in [0.15, 0.2) is 0 Å². The van der Waals surface area contributed by atoms with E-state index in [2.05, 4.69) is 24.5 Å². The molecule has 2 N–H and O–H groups in total. The second-order valence-corrected chi connectivity index (χ2v) is 5.71. The molecule has 17 heavy (non-hydrogen) atoms. The topological polar surface area (TPSA) is 50.4 Å². The van der Waals surface area contributed by atoms with Gasteiger partial charge in [0.25, 0.3) is 0 Å². The van der Waals surface area contributed by atoms with Crippen molar-refractivity contribution >= 4 is 5.91 Å². The molecule has 1 rings (SSSR count). The standard InChI is InChI=1S/C13H26N2O2/c1-10(2)15-12(16)6-8-14-9-11-5-7-13(3,4)17-11/h10-11,14H,5-9H2,1-4H3,(H,15,16). The second kappa shape index (κ2) is 6.36. The molecule has 4 heteroatoms. The van der Waals surface area contributed by atoms with Crippen LogP contribution in [0.4, 0.5) is 0 Å². The first-order valence-corrected chi connectivity index (χ1v) is 6.57. The average Bonchev–Trinajstić information content (AvgIpc) is 2.52. The highest BCUT2D eigenvalue weighted by molar-refractivity contribution is 5.76. The average molecular weight is 242 g/mol. The van der Waals surface area contributed by atoms with E-state index in [9.17, 15) is 4.79 Å². The van der Waals surface area contributed by atoms with Gasteiger partial charge in [0.05, 0.1) is 11.7 Å². The first-order chi connectivity index (χ1) is 7.89. The van der Waals surface area contributed by atoms with Gasteiger partial charge < -0.3 is 15.4 Å². The molecular formula is C13H26N2O2. The molecule has 1 fully saturated rings. The van der Waals surface area contributed by atoms with E-state index in [1.165, 1.54) is 0 Å². The molecule has 1 saturated heterocycles.